The predicted molar refractivity (Wildman–Crippen MR) is 77.1 cm³/mol. The van der Waals surface area contributed by atoms with Crippen molar-refractivity contribution in [1.82, 2.24) is 4.57 Å². The van der Waals surface area contributed by atoms with Gasteiger partial charge in [-0.05, 0) is 43.8 Å². The molecular weight excluding hydrogens is 266 g/mol. The number of aryl methyl sites for hydroxylation is 2. The van der Waals surface area contributed by atoms with E-state index in [1.54, 1.807) is 11.3 Å². The Morgan fingerprint density at radius 2 is 2.11 bits per heavy atom. The average molecular weight is 282 g/mol. The van der Waals surface area contributed by atoms with E-state index >= 15 is 0 Å². The zero-order chi connectivity index (χ0) is 13.3. The van der Waals surface area contributed by atoms with Crippen LogP contribution in [0, 0.1) is 20.8 Å². The number of Topliss-reactive ketones (excluding diaryl/α,β-unsaturated/α-hetero) is 1. The zero-order valence-corrected chi connectivity index (χ0v) is 12.4. The third kappa shape index (κ3) is 2.38. The molecular formula is C14H16ClNOS. The van der Waals surface area contributed by atoms with Crippen LogP contribution in [0.25, 0.3) is 0 Å². The van der Waals surface area contributed by atoms with Crippen molar-refractivity contribution in [3.8, 4) is 0 Å². The summed E-state index contributed by atoms with van der Waals surface area (Å²) in [6, 6.07) is 4.06. The monoisotopic (exact) mass is 281 g/mol. The Bertz CT molecular complexity index is 583. The average Bonchev–Trinajstić information content (AvgIpc) is 2.87. The molecule has 2 heterocycles. The first-order chi connectivity index (χ1) is 8.54. The lowest BCUT2D eigenvalue weighted by molar-refractivity contribution is 0.102. The summed E-state index contributed by atoms with van der Waals surface area (Å²) in [5.74, 6) is 0.0430. The van der Waals surface area contributed by atoms with Gasteiger partial charge < -0.3 is 4.57 Å². The molecule has 0 radical (unpaired) electrons. The van der Waals surface area contributed by atoms with Crippen molar-refractivity contribution in [3.05, 3.63) is 44.9 Å². The second-order valence-electron chi connectivity index (χ2n) is 4.45. The van der Waals surface area contributed by atoms with Crippen LogP contribution >= 0.6 is 22.9 Å². The number of carbonyl (C=O) groups is 1. The largest absolute Gasteiger partial charge is 0.343 e. The van der Waals surface area contributed by atoms with E-state index in [4.69, 9.17) is 11.6 Å². The molecule has 2 aromatic rings. The van der Waals surface area contributed by atoms with E-state index in [-0.39, 0.29) is 11.7 Å². The summed E-state index contributed by atoms with van der Waals surface area (Å²) < 4.78 is 2.18. The van der Waals surface area contributed by atoms with Gasteiger partial charge in [0.15, 0.2) is 5.78 Å². The van der Waals surface area contributed by atoms with Gasteiger partial charge in [0.25, 0.3) is 0 Å². The Kier molecular flexibility index (Phi) is 3.93. The van der Waals surface area contributed by atoms with Crippen molar-refractivity contribution in [2.24, 2.45) is 0 Å². The SMILES string of the molecule is Cc1ccsc1Cn1c(C)cc(C(=O)CCl)c1C. The van der Waals surface area contributed by atoms with Gasteiger partial charge in [0.2, 0.25) is 0 Å². The van der Waals surface area contributed by atoms with E-state index in [0.29, 0.717) is 0 Å². The van der Waals surface area contributed by atoms with Crippen molar-refractivity contribution in [2.75, 3.05) is 5.88 Å². The maximum absolute atomic E-state index is 11.7. The Balaban J connectivity index is 2.37. The normalized spacial score (nSPS) is 10.9. The van der Waals surface area contributed by atoms with Gasteiger partial charge in [-0.1, -0.05) is 0 Å². The lowest BCUT2D eigenvalue weighted by Gasteiger charge is -2.09. The van der Waals surface area contributed by atoms with Crippen molar-refractivity contribution in [2.45, 2.75) is 27.3 Å². The van der Waals surface area contributed by atoms with Crippen LogP contribution in [-0.4, -0.2) is 16.2 Å². The number of ketones is 1. The molecule has 0 aliphatic rings. The third-order valence-corrected chi connectivity index (χ3v) is 4.52. The lowest BCUT2D eigenvalue weighted by Crippen LogP contribution is -2.06. The number of hydrogen-bond acceptors (Lipinski definition) is 2. The van der Waals surface area contributed by atoms with E-state index < -0.39 is 0 Å². The highest BCUT2D eigenvalue weighted by Crippen LogP contribution is 2.22. The molecule has 0 unspecified atom stereocenters. The van der Waals surface area contributed by atoms with Crippen LogP contribution in [-0.2, 0) is 6.54 Å². The quantitative estimate of drug-likeness (QED) is 0.614. The van der Waals surface area contributed by atoms with E-state index in [1.807, 2.05) is 19.9 Å². The first-order valence-corrected chi connectivity index (χ1v) is 7.25. The number of thiophene rings is 1. The van der Waals surface area contributed by atoms with Crippen molar-refractivity contribution in [1.29, 1.82) is 0 Å². The van der Waals surface area contributed by atoms with Crippen LogP contribution in [0.5, 0.6) is 0 Å². The fraction of sp³-hybridized carbons (Fsp3) is 0.357. The Hall–Kier alpha value is -1.06. The third-order valence-electron chi connectivity index (χ3n) is 3.27. The van der Waals surface area contributed by atoms with Crippen LogP contribution in [0.15, 0.2) is 17.5 Å². The Morgan fingerprint density at radius 3 is 2.67 bits per heavy atom. The molecule has 0 saturated carbocycles. The predicted octanol–water partition coefficient (Wildman–Crippen LogP) is 3.94. The molecule has 18 heavy (non-hydrogen) atoms. The molecule has 0 bridgehead atoms. The second kappa shape index (κ2) is 5.29. The van der Waals surface area contributed by atoms with E-state index in [0.717, 1.165) is 23.5 Å². The molecule has 4 heteroatoms. The van der Waals surface area contributed by atoms with Gasteiger partial charge in [-0.2, -0.15) is 0 Å². The first kappa shape index (κ1) is 13.4. The maximum atomic E-state index is 11.7. The molecule has 96 valence electrons. The standard InChI is InChI=1S/C14H16ClNOS/c1-9-4-5-18-14(9)8-16-10(2)6-12(11(16)3)13(17)7-15/h4-6H,7-8H2,1-3H3. The highest BCUT2D eigenvalue weighted by Gasteiger charge is 2.15. The van der Waals surface area contributed by atoms with Crippen LogP contribution in [0.1, 0.15) is 32.2 Å². The van der Waals surface area contributed by atoms with Crippen LogP contribution in [0.3, 0.4) is 0 Å². The van der Waals surface area contributed by atoms with Gasteiger partial charge in [0.05, 0.1) is 12.4 Å². The summed E-state index contributed by atoms with van der Waals surface area (Å²) >= 11 is 7.38. The Morgan fingerprint density at radius 1 is 1.39 bits per heavy atom. The van der Waals surface area contributed by atoms with Crippen molar-refractivity contribution < 1.29 is 4.79 Å². The van der Waals surface area contributed by atoms with E-state index in [9.17, 15) is 4.79 Å². The second-order valence-corrected chi connectivity index (χ2v) is 5.72. The van der Waals surface area contributed by atoms with E-state index in [2.05, 4.69) is 22.9 Å². The summed E-state index contributed by atoms with van der Waals surface area (Å²) in [5.41, 5.74) is 4.16. The van der Waals surface area contributed by atoms with Crippen LogP contribution < -0.4 is 0 Å². The fourth-order valence-electron chi connectivity index (χ4n) is 2.11. The summed E-state index contributed by atoms with van der Waals surface area (Å²) in [6.07, 6.45) is 0. The summed E-state index contributed by atoms with van der Waals surface area (Å²) in [7, 11) is 0. The number of rotatable bonds is 4. The van der Waals surface area contributed by atoms with Gasteiger partial charge in [-0.3, -0.25) is 4.79 Å². The van der Waals surface area contributed by atoms with Crippen molar-refractivity contribution >= 4 is 28.7 Å². The molecule has 0 amide bonds. The molecule has 2 rings (SSSR count). The van der Waals surface area contributed by atoms with Gasteiger partial charge in [-0.15, -0.1) is 22.9 Å². The Labute approximate surface area is 116 Å². The van der Waals surface area contributed by atoms with Gasteiger partial charge in [0.1, 0.15) is 0 Å². The summed E-state index contributed by atoms with van der Waals surface area (Å²) in [4.78, 5) is 13.1. The number of nitrogens with zero attached hydrogens (tertiary/aromatic N) is 1. The summed E-state index contributed by atoms with van der Waals surface area (Å²) in [6.45, 7) is 6.96. The van der Waals surface area contributed by atoms with Crippen LogP contribution in [0.4, 0.5) is 0 Å². The molecule has 2 nitrogen and oxygen atoms in total. The topological polar surface area (TPSA) is 22.0 Å². The van der Waals surface area contributed by atoms with Gasteiger partial charge >= 0.3 is 0 Å². The number of alkyl halides is 1. The minimum atomic E-state index is -0.00100. The molecule has 0 saturated heterocycles. The fourth-order valence-corrected chi connectivity index (χ4v) is 3.15. The molecule has 0 fully saturated rings. The molecule has 0 aliphatic heterocycles. The maximum Gasteiger partial charge on any atom is 0.179 e. The molecule has 0 aromatic carbocycles. The number of hydrogen-bond donors (Lipinski definition) is 0. The molecule has 0 spiro atoms. The van der Waals surface area contributed by atoms with Crippen LogP contribution in [0.2, 0.25) is 0 Å². The zero-order valence-electron chi connectivity index (χ0n) is 10.8. The van der Waals surface area contributed by atoms with Gasteiger partial charge in [-0.25, -0.2) is 0 Å². The highest BCUT2D eigenvalue weighted by molar-refractivity contribution is 7.10. The first-order valence-electron chi connectivity index (χ1n) is 5.83. The number of aromatic nitrogens is 1. The molecule has 0 N–H and O–H groups in total. The number of carbonyl (C=O) groups excluding carboxylic acids is 1. The molecule has 2 aromatic heterocycles. The number of halogens is 1. The smallest absolute Gasteiger partial charge is 0.179 e. The lowest BCUT2D eigenvalue weighted by atomic mass is 10.2. The van der Waals surface area contributed by atoms with E-state index in [1.165, 1.54) is 10.4 Å². The van der Waals surface area contributed by atoms with Crippen molar-refractivity contribution in [3.63, 3.8) is 0 Å². The molecule has 0 atom stereocenters. The minimum Gasteiger partial charge on any atom is -0.343 e. The molecule has 0 aliphatic carbocycles. The highest BCUT2D eigenvalue weighted by atomic mass is 35.5. The van der Waals surface area contributed by atoms with Gasteiger partial charge in [0, 0.05) is 21.8 Å². The minimum absolute atomic E-state index is 0.00100. The summed E-state index contributed by atoms with van der Waals surface area (Å²) in [5, 5.41) is 2.10.